The first-order chi connectivity index (χ1) is 10.6. The van der Waals surface area contributed by atoms with Crippen molar-refractivity contribution < 1.29 is 9.59 Å². The molecular weight excluding hydrogens is 300 g/mol. The number of nitrogens with one attached hydrogen (secondary N) is 1. The fourth-order valence-corrected chi connectivity index (χ4v) is 3.31. The number of carbonyl (C=O) groups is 2. The number of carbonyl (C=O) groups excluding carboxylic acids is 2. The van der Waals surface area contributed by atoms with Crippen LogP contribution in [0.1, 0.15) is 30.0 Å². The van der Waals surface area contributed by atoms with E-state index in [4.69, 9.17) is 0 Å². The van der Waals surface area contributed by atoms with Crippen LogP contribution in [0.15, 0.2) is 29.8 Å². The van der Waals surface area contributed by atoms with Gasteiger partial charge >= 0.3 is 0 Å². The summed E-state index contributed by atoms with van der Waals surface area (Å²) in [7, 11) is 0. The van der Waals surface area contributed by atoms with E-state index in [1.54, 1.807) is 29.4 Å². The Kier molecular flexibility index (Phi) is 4.24. The van der Waals surface area contributed by atoms with Crippen LogP contribution >= 0.6 is 11.3 Å². The molecule has 1 N–H and O–H groups in total. The molecule has 0 unspecified atom stereocenters. The molecule has 2 aromatic heterocycles. The van der Waals surface area contributed by atoms with E-state index in [2.05, 4.69) is 10.4 Å². The van der Waals surface area contributed by atoms with Gasteiger partial charge in [-0.1, -0.05) is 6.07 Å². The van der Waals surface area contributed by atoms with Crippen LogP contribution in [0.3, 0.4) is 0 Å². The fraction of sp³-hybridized carbons (Fsp3) is 0.400. The number of hydrogen-bond acceptors (Lipinski definition) is 4. The summed E-state index contributed by atoms with van der Waals surface area (Å²) in [6, 6.07) is 5.75. The van der Waals surface area contributed by atoms with Gasteiger partial charge in [-0.2, -0.15) is 5.10 Å². The lowest BCUT2D eigenvalue weighted by molar-refractivity contribution is -0.132. The summed E-state index contributed by atoms with van der Waals surface area (Å²) in [6.45, 7) is 3.19. The minimum atomic E-state index is -0.106. The lowest BCUT2D eigenvalue weighted by Crippen LogP contribution is -2.42. The average Bonchev–Trinajstić information content (AvgIpc) is 3.16. The predicted octanol–water partition coefficient (Wildman–Crippen LogP) is 1.55. The van der Waals surface area contributed by atoms with Crippen LogP contribution in [0.2, 0.25) is 0 Å². The highest BCUT2D eigenvalue weighted by Gasteiger charge is 2.28. The monoisotopic (exact) mass is 318 g/mol. The molecule has 1 atom stereocenters. The number of amides is 2. The van der Waals surface area contributed by atoms with Gasteiger partial charge in [-0.3, -0.25) is 14.3 Å². The maximum Gasteiger partial charge on any atom is 0.222 e. The number of aromatic nitrogens is 2. The standard InChI is InChI=1S/C15H18N4O2S/c1-11(20)18-9-12-4-5-17-19(12)13(10-18)7-15(21)16-8-14-3-2-6-22-14/h2-6,13H,7-10H2,1H3,(H,16,21)/t13-/m0/s1. The summed E-state index contributed by atoms with van der Waals surface area (Å²) in [5.74, 6) is 0.00157. The van der Waals surface area contributed by atoms with Crippen LogP contribution in [0.4, 0.5) is 0 Å². The topological polar surface area (TPSA) is 67.2 Å². The third-order valence-electron chi connectivity index (χ3n) is 3.79. The lowest BCUT2D eigenvalue weighted by atomic mass is 10.1. The molecule has 0 radical (unpaired) electrons. The van der Waals surface area contributed by atoms with Gasteiger partial charge in [-0.25, -0.2) is 0 Å². The number of nitrogens with zero attached hydrogens (tertiary/aromatic N) is 3. The molecule has 0 aromatic carbocycles. The second-order valence-corrected chi connectivity index (χ2v) is 6.41. The normalized spacial score (nSPS) is 17.1. The van der Waals surface area contributed by atoms with Crippen LogP contribution in [0.5, 0.6) is 0 Å². The average molecular weight is 318 g/mol. The Morgan fingerprint density at radius 3 is 3.05 bits per heavy atom. The molecule has 7 heteroatoms. The second-order valence-electron chi connectivity index (χ2n) is 5.38. The van der Waals surface area contributed by atoms with E-state index in [0.29, 0.717) is 26.1 Å². The maximum absolute atomic E-state index is 12.2. The Balaban J connectivity index is 1.63. The molecule has 2 amide bonds. The largest absolute Gasteiger partial charge is 0.351 e. The molecule has 3 rings (SSSR count). The maximum atomic E-state index is 12.2. The molecule has 0 aliphatic carbocycles. The Morgan fingerprint density at radius 2 is 2.32 bits per heavy atom. The van der Waals surface area contributed by atoms with Gasteiger partial charge in [-0.05, 0) is 17.5 Å². The van der Waals surface area contributed by atoms with Crippen molar-refractivity contribution in [3.63, 3.8) is 0 Å². The van der Waals surface area contributed by atoms with Crippen molar-refractivity contribution in [3.05, 3.63) is 40.3 Å². The van der Waals surface area contributed by atoms with Gasteiger partial charge in [0.2, 0.25) is 11.8 Å². The summed E-state index contributed by atoms with van der Waals surface area (Å²) in [5.41, 5.74) is 0.970. The SMILES string of the molecule is CC(=O)N1Cc2ccnn2[C@@H](CC(=O)NCc2cccs2)C1. The van der Waals surface area contributed by atoms with Crippen molar-refractivity contribution in [1.82, 2.24) is 20.0 Å². The van der Waals surface area contributed by atoms with Crippen LogP contribution < -0.4 is 5.32 Å². The molecule has 0 saturated heterocycles. The van der Waals surface area contributed by atoms with Crippen LogP contribution in [0.25, 0.3) is 0 Å². The smallest absolute Gasteiger partial charge is 0.222 e. The second kappa shape index (κ2) is 6.31. The molecule has 0 bridgehead atoms. The summed E-state index contributed by atoms with van der Waals surface area (Å²) in [4.78, 5) is 26.7. The van der Waals surface area contributed by atoms with Gasteiger partial charge in [0.05, 0.1) is 31.2 Å². The zero-order valence-electron chi connectivity index (χ0n) is 12.4. The van der Waals surface area contributed by atoms with Gasteiger partial charge in [0.15, 0.2) is 0 Å². The van der Waals surface area contributed by atoms with Gasteiger partial charge < -0.3 is 10.2 Å². The number of rotatable bonds is 4. The molecule has 2 aromatic rings. The van der Waals surface area contributed by atoms with E-state index in [9.17, 15) is 9.59 Å². The molecule has 0 spiro atoms. The van der Waals surface area contributed by atoms with Crippen molar-refractivity contribution in [2.75, 3.05) is 6.54 Å². The van der Waals surface area contributed by atoms with E-state index in [1.165, 1.54) is 0 Å². The zero-order valence-corrected chi connectivity index (χ0v) is 13.2. The van der Waals surface area contributed by atoms with E-state index >= 15 is 0 Å². The van der Waals surface area contributed by atoms with Crippen molar-refractivity contribution >= 4 is 23.2 Å². The van der Waals surface area contributed by atoms with Gasteiger partial charge in [-0.15, -0.1) is 11.3 Å². The first-order valence-corrected chi connectivity index (χ1v) is 8.08. The number of fused-ring (bicyclic) bond motifs is 1. The molecule has 1 aliphatic heterocycles. The first-order valence-electron chi connectivity index (χ1n) is 7.20. The minimum Gasteiger partial charge on any atom is -0.351 e. The van der Waals surface area contributed by atoms with Crippen molar-refractivity contribution in [2.45, 2.75) is 32.5 Å². The van der Waals surface area contributed by atoms with E-state index < -0.39 is 0 Å². The Morgan fingerprint density at radius 1 is 1.45 bits per heavy atom. The Hall–Kier alpha value is -2.15. The third-order valence-corrected chi connectivity index (χ3v) is 4.66. The highest BCUT2D eigenvalue weighted by atomic mass is 32.1. The molecule has 0 saturated carbocycles. The molecule has 116 valence electrons. The fourth-order valence-electron chi connectivity index (χ4n) is 2.66. The molecule has 1 aliphatic rings. The van der Waals surface area contributed by atoms with Crippen LogP contribution in [-0.2, 0) is 22.7 Å². The van der Waals surface area contributed by atoms with Gasteiger partial charge in [0, 0.05) is 24.5 Å². The van der Waals surface area contributed by atoms with Crippen LogP contribution in [-0.4, -0.2) is 33.0 Å². The van der Waals surface area contributed by atoms with E-state index in [0.717, 1.165) is 10.6 Å². The van der Waals surface area contributed by atoms with Gasteiger partial charge in [0.1, 0.15) is 0 Å². The summed E-state index contributed by atoms with van der Waals surface area (Å²) < 4.78 is 1.87. The lowest BCUT2D eigenvalue weighted by Gasteiger charge is -2.33. The summed E-state index contributed by atoms with van der Waals surface area (Å²) in [5, 5.41) is 9.21. The molecule has 3 heterocycles. The molecular formula is C15H18N4O2S. The van der Waals surface area contributed by atoms with Crippen molar-refractivity contribution in [3.8, 4) is 0 Å². The number of hydrogen-bond donors (Lipinski definition) is 1. The summed E-state index contributed by atoms with van der Waals surface area (Å²) in [6.07, 6.45) is 2.04. The zero-order chi connectivity index (χ0) is 15.5. The van der Waals surface area contributed by atoms with E-state index in [1.807, 2.05) is 28.3 Å². The Bertz CT molecular complexity index is 665. The number of thiophene rings is 1. The van der Waals surface area contributed by atoms with Crippen LogP contribution in [0, 0.1) is 0 Å². The predicted molar refractivity (Wildman–Crippen MR) is 83.1 cm³/mol. The van der Waals surface area contributed by atoms with Crippen molar-refractivity contribution in [1.29, 1.82) is 0 Å². The molecule has 0 fully saturated rings. The van der Waals surface area contributed by atoms with E-state index in [-0.39, 0.29) is 17.9 Å². The molecule has 6 nitrogen and oxygen atoms in total. The quantitative estimate of drug-likeness (QED) is 0.930. The minimum absolute atomic E-state index is 0.0229. The van der Waals surface area contributed by atoms with Crippen molar-refractivity contribution in [2.24, 2.45) is 0 Å². The van der Waals surface area contributed by atoms with Gasteiger partial charge in [0.25, 0.3) is 0 Å². The Labute approximate surface area is 132 Å². The first kappa shape index (κ1) is 14.8. The summed E-state index contributed by atoms with van der Waals surface area (Å²) >= 11 is 1.62. The highest BCUT2D eigenvalue weighted by Crippen LogP contribution is 2.23. The molecule has 22 heavy (non-hydrogen) atoms. The highest BCUT2D eigenvalue weighted by molar-refractivity contribution is 7.09. The third kappa shape index (κ3) is 3.19.